The van der Waals surface area contributed by atoms with Crippen molar-refractivity contribution in [3.8, 4) is 11.5 Å². The quantitative estimate of drug-likeness (QED) is 0.518. The summed E-state index contributed by atoms with van der Waals surface area (Å²) >= 11 is 5.73. The Morgan fingerprint density at radius 3 is 2.52 bits per heavy atom. The number of carbonyl (C=O) groups excluding carboxylic acids is 1. The van der Waals surface area contributed by atoms with E-state index in [1.54, 1.807) is 12.1 Å². The zero-order valence-corrected chi connectivity index (χ0v) is 13.7. The molecule has 0 fully saturated rings. The second-order valence-corrected chi connectivity index (χ2v) is 5.50. The summed E-state index contributed by atoms with van der Waals surface area (Å²) in [6.07, 6.45) is -4.20. The maximum Gasteiger partial charge on any atom is 0.416 e. The lowest BCUT2D eigenvalue weighted by Crippen LogP contribution is -2.06. The normalized spacial score (nSPS) is 11.3. The highest BCUT2D eigenvalue weighted by Crippen LogP contribution is 2.38. The van der Waals surface area contributed by atoms with Crippen molar-refractivity contribution in [2.24, 2.45) is 0 Å². The van der Waals surface area contributed by atoms with Crippen molar-refractivity contribution in [1.29, 1.82) is 0 Å². The number of aryl methyl sites for hydroxylation is 1. The molecule has 0 aliphatic heterocycles. The third-order valence-corrected chi connectivity index (χ3v) is 3.57. The molecule has 0 amide bonds. The van der Waals surface area contributed by atoms with Crippen molar-refractivity contribution in [3.63, 3.8) is 0 Å². The van der Waals surface area contributed by atoms with E-state index in [2.05, 4.69) is 4.74 Å². The van der Waals surface area contributed by atoms with Crippen molar-refractivity contribution in [2.75, 3.05) is 7.11 Å². The van der Waals surface area contributed by atoms with Crippen molar-refractivity contribution in [3.05, 3.63) is 58.4 Å². The van der Waals surface area contributed by atoms with E-state index in [0.29, 0.717) is 24.1 Å². The summed E-state index contributed by atoms with van der Waals surface area (Å²) < 4.78 is 61.7. The number of methoxy groups -OCH3 is 1. The van der Waals surface area contributed by atoms with Gasteiger partial charge in [-0.2, -0.15) is 13.2 Å². The molecule has 0 N–H and O–H groups in total. The summed E-state index contributed by atoms with van der Waals surface area (Å²) in [5, 5.41) is -0.493. The van der Waals surface area contributed by atoms with Crippen LogP contribution in [0.15, 0.2) is 36.4 Å². The highest BCUT2D eigenvalue weighted by Gasteiger charge is 2.32. The summed E-state index contributed by atoms with van der Waals surface area (Å²) in [4.78, 5) is 11.2. The van der Waals surface area contributed by atoms with Crippen molar-refractivity contribution in [1.82, 2.24) is 0 Å². The van der Waals surface area contributed by atoms with Crippen LogP contribution < -0.4 is 4.74 Å². The smallest absolute Gasteiger partial charge is 0.416 e. The van der Waals surface area contributed by atoms with Gasteiger partial charge >= 0.3 is 12.1 Å². The van der Waals surface area contributed by atoms with E-state index in [1.807, 2.05) is 0 Å². The molecule has 0 radical (unpaired) electrons. The van der Waals surface area contributed by atoms with E-state index in [4.69, 9.17) is 16.3 Å². The lowest BCUT2D eigenvalue weighted by Gasteiger charge is -2.13. The standard InChI is InChI=1S/C17H13ClF4O3/c1-24-15(23)6-5-10-3-2-4-12(7-10)25-16-13(18)8-11(9-14(16)19)17(20,21)22/h2-4,7-9H,5-6H2,1H3. The molecular formula is C17H13ClF4O3. The molecule has 0 heterocycles. The molecule has 0 saturated carbocycles. The van der Waals surface area contributed by atoms with Gasteiger partial charge in [0.15, 0.2) is 11.6 Å². The van der Waals surface area contributed by atoms with Crippen LogP contribution in [0.2, 0.25) is 5.02 Å². The van der Waals surface area contributed by atoms with Crippen molar-refractivity contribution < 1.29 is 31.8 Å². The number of rotatable bonds is 5. The Labute approximate surface area is 146 Å². The number of esters is 1. The predicted octanol–water partition coefficient (Wildman–Crippen LogP) is 5.40. The molecule has 2 rings (SSSR count). The zero-order chi connectivity index (χ0) is 18.6. The molecule has 0 aliphatic carbocycles. The fraction of sp³-hybridized carbons (Fsp3) is 0.235. The van der Waals surface area contributed by atoms with Crippen LogP contribution >= 0.6 is 11.6 Å². The van der Waals surface area contributed by atoms with Gasteiger partial charge in [0.25, 0.3) is 0 Å². The number of halogens is 5. The monoisotopic (exact) mass is 376 g/mol. The van der Waals surface area contributed by atoms with E-state index >= 15 is 0 Å². The maximum absolute atomic E-state index is 14.0. The van der Waals surface area contributed by atoms with Crippen LogP contribution in [0.5, 0.6) is 11.5 Å². The third kappa shape index (κ3) is 5.09. The average Bonchev–Trinajstić information content (AvgIpc) is 2.55. The molecule has 0 aliphatic rings. The van der Waals surface area contributed by atoms with Crippen LogP contribution in [0.1, 0.15) is 17.5 Å². The summed E-state index contributed by atoms with van der Waals surface area (Å²) in [5.41, 5.74) is -0.486. The average molecular weight is 377 g/mol. The number of hydrogen-bond donors (Lipinski definition) is 0. The highest BCUT2D eigenvalue weighted by molar-refractivity contribution is 6.32. The summed E-state index contributed by atoms with van der Waals surface area (Å²) in [7, 11) is 1.28. The molecule has 25 heavy (non-hydrogen) atoms. The molecule has 134 valence electrons. The van der Waals surface area contributed by atoms with E-state index in [9.17, 15) is 22.4 Å². The third-order valence-electron chi connectivity index (χ3n) is 3.29. The molecule has 3 nitrogen and oxygen atoms in total. The maximum atomic E-state index is 14.0. The Kier molecular flexibility index (Phi) is 5.89. The summed E-state index contributed by atoms with van der Waals surface area (Å²) in [5.74, 6) is -1.93. The number of benzene rings is 2. The van der Waals surface area contributed by atoms with E-state index in [0.717, 1.165) is 0 Å². The van der Waals surface area contributed by atoms with Crippen LogP contribution in [0, 0.1) is 5.82 Å². The second-order valence-electron chi connectivity index (χ2n) is 5.09. The van der Waals surface area contributed by atoms with Gasteiger partial charge < -0.3 is 9.47 Å². The molecule has 0 atom stereocenters. The minimum Gasteiger partial charge on any atom is -0.469 e. The first kappa shape index (κ1) is 19.1. The van der Waals surface area contributed by atoms with Crippen LogP contribution in [-0.4, -0.2) is 13.1 Å². The zero-order valence-electron chi connectivity index (χ0n) is 13.0. The highest BCUT2D eigenvalue weighted by atomic mass is 35.5. The first-order chi connectivity index (χ1) is 11.7. The van der Waals surface area contributed by atoms with Crippen LogP contribution in [0.25, 0.3) is 0 Å². The van der Waals surface area contributed by atoms with Gasteiger partial charge in [-0.05, 0) is 36.2 Å². The lowest BCUT2D eigenvalue weighted by molar-refractivity contribution is -0.140. The van der Waals surface area contributed by atoms with Gasteiger partial charge in [-0.3, -0.25) is 4.79 Å². The van der Waals surface area contributed by atoms with Gasteiger partial charge in [-0.25, -0.2) is 4.39 Å². The molecule has 0 saturated heterocycles. The molecule has 8 heteroatoms. The fourth-order valence-electron chi connectivity index (χ4n) is 2.05. The predicted molar refractivity (Wildman–Crippen MR) is 83.3 cm³/mol. The van der Waals surface area contributed by atoms with Crippen molar-refractivity contribution in [2.45, 2.75) is 19.0 Å². The molecule has 0 aromatic heterocycles. The molecular weight excluding hydrogens is 364 g/mol. The van der Waals surface area contributed by atoms with Gasteiger partial charge in [0.1, 0.15) is 5.75 Å². The van der Waals surface area contributed by atoms with E-state index in [-0.39, 0.29) is 18.1 Å². The van der Waals surface area contributed by atoms with Crippen molar-refractivity contribution >= 4 is 17.6 Å². The number of alkyl halides is 3. The topological polar surface area (TPSA) is 35.5 Å². The summed E-state index contributed by atoms with van der Waals surface area (Å²) in [6, 6.07) is 7.28. The number of carbonyl (C=O) groups is 1. The van der Waals surface area contributed by atoms with Crippen LogP contribution in [-0.2, 0) is 22.1 Å². The van der Waals surface area contributed by atoms with E-state index in [1.165, 1.54) is 19.2 Å². The molecule has 0 bridgehead atoms. The molecule has 2 aromatic carbocycles. The molecule has 0 unspecified atom stereocenters. The Morgan fingerprint density at radius 2 is 1.92 bits per heavy atom. The lowest BCUT2D eigenvalue weighted by atomic mass is 10.1. The SMILES string of the molecule is COC(=O)CCc1cccc(Oc2c(F)cc(C(F)(F)F)cc2Cl)c1. The number of hydrogen-bond acceptors (Lipinski definition) is 3. The Morgan fingerprint density at radius 1 is 1.20 bits per heavy atom. The minimum atomic E-state index is -4.71. The van der Waals surface area contributed by atoms with Crippen LogP contribution in [0.3, 0.4) is 0 Å². The Bertz CT molecular complexity index is 752. The van der Waals surface area contributed by atoms with Gasteiger partial charge in [0.05, 0.1) is 17.7 Å². The number of ether oxygens (including phenoxy) is 2. The Hall–Kier alpha value is -2.28. The largest absolute Gasteiger partial charge is 0.469 e. The second kappa shape index (κ2) is 7.74. The minimum absolute atomic E-state index is 0.148. The van der Waals surface area contributed by atoms with Gasteiger partial charge in [-0.1, -0.05) is 23.7 Å². The first-order valence-electron chi connectivity index (χ1n) is 7.10. The Balaban J connectivity index is 2.21. The fourth-order valence-corrected chi connectivity index (χ4v) is 2.30. The van der Waals surface area contributed by atoms with Gasteiger partial charge in [0.2, 0.25) is 0 Å². The molecule has 2 aromatic rings. The van der Waals surface area contributed by atoms with E-state index < -0.39 is 28.3 Å². The first-order valence-corrected chi connectivity index (χ1v) is 7.48. The van der Waals surface area contributed by atoms with Gasteiger partial charge in [-0.15, -0.1) is 0 Å². The molecule has 0 spiro atoms. The summed E-state index contributed by atoms with van der Waals surface area (Å²) in [6.45, 7) is 0. The van der Waals surface area contributed by atoms with Crippen LogP contribution in [0.4, 0.5) is 17.6 Å². The van der Waals surface area contributed by atoms with Gasteiger partial charge in [0, 0.05) is 6.42 Å².